The first kappa shape index (κ1) is 11.4. The number of hydrogen-bond acceptors (Lipinski definition) is 2. The van der Waals surface area contributed by atoms with Gasteiger partial charge in [0.2, 0.25) is 0 Å². The van der Waals surface area contributed by atoms with E-state index in [-0.39, 0.29) is 24.4 Å². The fourth-order valence-corrected chi connectivity index (χ4v) is 1.30. The highest BCUT2D eigenvalue weighted by Gasteiger charge is 2.10. The van der Waals surface area contributed by atoms with Crippen molar-refractivity contribution < 1.29 is 13.9 Å². The molecule has 0 atom stereocenters. The molecule has 0 N–H and O–H groups in total. The van der Waals surface area contributed by atoms with Crippen LogP contribution in [0, 0.1) is 5.82 Å². The maximum Gasteiger partial charge on any atom is 0.168 e. The van der Waals surface area contributed by atoms with Crippen molar-refractivity contribution in [3.05, 3.63) is 42.2 Å². The molecule has 0 fully saturated rings. The summed E-state index contributed by atoms with van der Waals surface area (Å²) in [7, 11) is 1.40. The molecule has 0 aromatic heterocycles. The molecule has 80 valence electrons. The minimum atomic E-state index is -0.461. The predicted molar refractivity (Wildman–Crippen MR) is 56.5 cm³/mol. The molecular weight excluding hydrogens is 195 g/mol. The van der Waals surface area contributed by atoms with Crippen LogP contribution in [0.1, 0.15) is 12.0 Å². The Kier molecular flexibility index (Phi) is 4.03. The van der Waals surface area contributed by atoms with Gasteiger partial charge in [-0.3, -0.25) is 4.79 Å². The van der Waals surface area contributed by atoms with Gasteiger partial charge in [0.15, 0.2) is 11.6 Å². The highest BCUT2D eigenvalue weighted by Crippen LogP contribution is 2.20. The summed E-state index contributed by atoms with van der Waals surface area (Å²) in [6.07, 6.45) is 1.85. The van der Waals surface area contributed by atoms with Crippen molar-refractivity contribution in [3.8, 4) is 5.75 Å². The number of halogens is 1. The van der Waals surface area contributed by atoms with E-state index < -0.39 is 5.82 Å². The van der Waals surface area contributed by atoms with Crippen molar-refractivity contribution in [1.82, 2.24) is 0 Å². The van der Waals surface area contributed by atoms with Crippen LogP contribution in [0.3, 0.4) is 0 Å². The summed E-state index contributed by atoms with van der Waals surface area (Å²) in [6, 6.07) is 4.77. The summed E-state index contributed by atoms with van der Waals surface area (Å²) >= 11 is 0. The smallest absolute Gasteiger partial charge is 0.168 e. The Balaban J connectivity index is 2.85. The van der Waals surface area contributed by atoms with Gasteiger partial charge in [-0.2, -0.15) is 0 Å². The van der Waals surface area contributed by atoms with E-state index >= 15 is 0 Å². The molecule has 15 heavy (non-hydrogen) atoms. The van der Waals surface area contributed by atoms with Crippen LogP contribution in [0.4, 0.5) is 4.39 Å². The third kappa shape index (κ3) is 2.91. The van der Waals surface area contributed by atoms with Crippen LogP contribution >= 0.6 is 0 Å². The van der Waals surface area contributed by atoms with Gasteiger partial charge in [0.1, 0.15) is 5.78 Å². The Morgan fingerprint density at radius 3 is 2.93 bits per heavy atom. The number of carbonyl (C=O) groups excluding carboxylic acids is 1. The average Bonchev–Trinajstić information content (AvgIpc) is 2.21. The lowest BCUT2D eigenvalue weighted by molar-refractivity contribution is -0.117. The Labute approximate surface area is 88.4 Å². The van der Waals surface area contributed by atoms with Crippen LogP contribution in [0.5, 0.6) is 5.75 Å². The Morgan fingerprint density at radius 2 is 2.33 bits per heavy atom. The second-order valence-corrected chi connectivity index (χ2v) is 3.14. The SMILES string of the molecule is C=CCC(=O)Cc1cccc(OC)c1F. The first-order valence-corrected chi connectivity index (χ1v) is 4.63. The quantitative estimate of drug-likeness (QED) is 0.695. The second kappa shape index (κ2) is 5.29. The Morgan fingerprint density at radius 1 is 1.60 bits per heavy atom. The van der Waals surface area contributed by atoms with Crippen LogP contribution in [-0.4, -0.2) is 12.9 Å². The van der Waals surface area contributed by atoms with Gasteiger partial charge in [0, 0.05) is 12.8 Å². The normalized spacial score (nSPS) is 9.73. The number of methoxy groups -OCH3 is 1. The molecule has 0 bridgehead atoms. The van der Waals surface area contributed by atoms with Crippen LogP contribution in [0.15, 0.2) is 30.9 Å². The summed E-state index contributed by atoms with van der Waals surface area (Å²) in [5.41, 5.74) is 0.362. The number of hydrogen-bond donors (Lipinski definition) is 0. The van der Waals surface area contributed by atoms with E-state index in [1.165, 1.54) is 19.3 Å². The van der Waals surface area contributed by atoms with Gasteiger partial charge >= 0.3 is 0 Å². The van der Waals surface area contributed by atoms with Gasteiger partial charge in [0.25, 0.3) is 0 Å². The first-order chi connectivity index (χ1) is 7.19. The Bertz CT molecular complexity index is 372. The number of rotatable bonds is 5. The first-order valence-electron chi connectivity index (χ1n) is 4.63. The number of Topliss-reactive ketones (excluding diaryl/α,β-unsaturated/α-hetero) is 1. The van der Waals surface area contributed by atoms with E-state index in [9.17, 15) is 9.18 Å². The summed E-state index contributed by atoms with van der Waals surface area (Å²) in [4.78, 5) is 11.3. The molecule has 0 heterocycles. The zero-order chi connectivity index (χ0) is 11.3. The second-order valence-electron chi connectivity index (χ2n) is 3.14. The largest absolute Gasteiger partial charge is 0.494 e. The van der Waals surface area contributed by atoms with Crippen LogP contribution in [0.25, 0.3) is 0 Å². The van der Waals surface area contributed by atoms with Crippen LogP contribution < -0.4 is 4.74 Å². The molecule has 0 radical (unpaired) electrons. The standard InChI is InChI=1S/C12H13FO2/c1-3-5-10(14)8-9-6-4-7-11(15-2)12(9)13/h3-4,6-7H,1,5,8H2,2H3. The van der Waals surface area contributed by atoms with Gasteiger partial charge in [-0.15, -0.1) is 6.58 Å². The molecular formula is C12H13FO2. The highest BCUT2D eigenvalue weighted by atomic mass is 19.1. The van der Waals surface area contributed by atoms with Crippen molar-refractivity contribution in [2.75, 3.05) is 7.11 Å². The fraction of sp³-hybridized carbons (Fsp3) is 0.250. The van der Waals surface area contributed by atoms with Gasteiger partial charge in [-0.1, -0.05) is 18.2 Å². The maximum absolute atomic E-state index is 13.6. The van der Waals surface area contributed by atoms with Crippen molar-refractivity contribution in [2.45, 2.75) is 12.8 Å². The summed E-state index contributed by atoms with van der Waals surface area (Å²) in [6.45, 7) is 3.46. The molecule has 0 aliphatic rings. The van der Waals surface area contributed by atoms with Crippen molar-refractivity contribution in [2.24, 2.45) is 0 Å². The molecule has 0 unspecified atom stereocenters. The Hall–Kier alpha value is -1.64. The molecule has 2 nitrogen and oxygen atoms in total. The lowest BCUT2D eigenvalue weighted by Gasteiger charge is -2.05. The van der Waals surface area contributed by atoms with E-state index in [1.54, 1.807) is 12.1 Å². The monoisotopic (exact) mass is 208 g/mol. The number of benzene rings is 1. The molecule has 0 spiro atoms. The summed E-state index contributed by atoms with van der Waals surface area (Å²) in [5, 5.41) is 0. The zero-order valence-electron chi connectivity index (χ0n) is 8.63. The molecule has 0 aliphatic carbocycles. The molecule has 0 saturated heterocycles. The molecule has 1 rings (SSSR count). The minimum Gasteiger partial charge on any atom is -0.494 e. The lowest BCUT2D eigenvalue weighted by atomic mass is 10.1. The summed E-state index contributed by atoms with van der Waals surface area (Å²) < 4.78 is 18.4. The highest BCUT2D eigenvalue weighted by molar-refractivity contribution is 5.82. The average molecular weight is 208 g/mol. The molecule has 1 aromatic rings. The van der Waals surface area contributed by atoms with Gasteiger partial charge in [-0.05, 0) is 11.6 Å². The number of ketones is 1. The molecule has 0 amide bonds. The molecule has 0 saturated carbocycles. The zero-order valence-corrected chi connectivity index (χ0v) is 8.63. The van der Waals surface area contributed by atoms with E-state index in [4.69, 9.17) is 4.74 Å². The fourth-order valence-electron chi connectivity index (χ4n) is 1.30. The number of ether oxygens (including phenoxy) is 1. The van der Waals surface area contributed by atoms with E-state index in [1.807, 2.05) is 0 Å². The predicted octanol–water partition coefficient (Wildman–Crippen LogP) is 2.52. The van der Waals surface area contributed by atoms with Crippen molar-refractivity contribution in [1.29, 1.82) is 0 Å². The summed E-state index contributed by atoms with van der Waals surface area (Å²) in [5.74, 6) is -0.353. The van der Waals surface area contributed by atoms with Crippen molar-refractivity contribution >= 4 is 5.78 Å². The van der Waals surface area contributed by atoms with Crippen LogP contribution in [-0.2, 0) is 11.2 Å². The van der Waals surface area contributed by atoms with Gasteiger partial charge in [0.05, 0.1) is 7.11 Å². The van der Waals surface area contributed by atoms with E-state index in [2.05, 4.69) is 6.58 Å². The van der Waals surface area contributed by atoms with E-state index in [0.717, 1.165) is 0 Å². The minimum absolute atomic E-state index is 0.0582. The van der Waals surface area contributed by atoms with Gasteiger partial charge in [-0.25, -0.2) is 4.39 Å². The maximum atomic E-state index is 13.6. The van der Waals surface area contributed by atoms with Gasteiger partial charge < -0.3 is 4.74 Å². The molecule has 1 aromatic carbocycles. The number of carbonyl (C=O) groups is 1. The third-order valence-electron chi connectivity index (χ3n) is 2.02. The van der Waals surface area contributed by atoms with Crippen molar-refractivity contribution in [3.63, 3.8) is 0 Å². The third-order valence-corrected chi connectivity index (χ3v) is 2.02. The molecule has 3 heteroatoms. The lowest BCUT2D eigenvalue weighted by Crippen LogP contribution is -2.04. The van der Waals surface area contributed by atoms with E-state index in [0.29, 0.717) is 5.56 Å². The topological polar surface area (TPSA) is 26.3 Å². The van der Waals surface area contributed by atoms with Crippen LogP contribution in [0.2, 0.25) is 0 Å². The molecule has 0 aliphatic heterocycles. The number of allylic oxidation sites excluding steroid dienone is 1.